The molecule has 1 aromatic rings. The van der Waals surface area contributed by atoms with Gasteiger partial charge < -0.3 is 10.0 Å². The maximum Gasteiger partial charge on any atom is 0.331 e. The van der Waals surface area contributed by atoms with E-state index in [0.717, 1.165) is 6.07 Å². The monoisotopic (exact) mass is 428 g/mol. The molecule has 2 heterocycles. The molecular formula is C18H19BrF2N2O3. The molecule has 1 N–H and O–H groups in total. The fourth-order valence-corrected chi connectivity index (χ4v) is 3.86. The Morgan fingerprint density at radius 1 is 1.42 bits per heavy atom. The smallest absolute Gasteiger partial charge is 0.331 e. The van der Waals surface area contributed by atoms with Gasteiger partial charge in [0, 0.05) is 35.1 Å². The van der Waals surface area contributed by atoms with Gasteiger partial charge in [0.15, 0.2) is 6.04 Å². The molecule has 2 aliphatic rings. The molecule has 1 amide bonds. The van der Waals surface area contributed by atoms with Gasteiger partial charge >= 0.3 is 5.97 Å². The number of nitrogens with zero attached hydrogens (tertiary/aromatic N) is 2. The average molecular weight is 429 g/mol. The number of carbonyl (C=O) groups excluding carboxylic acids is 1. The zero-order chi connectivity index (χ0) is 19.0. The normalized spacial score (nSPS) is 22.8. The Balaban J connectivity index is 2.06. The number of carboxylic acids is 1. The zero-order valence-corrected chi connectivity index (χ0v) is 15.7. The zero-order valence-electron chi connectivity index (χ0n) is 14.2. The number of hydrogen-bond acceptors (Lipinski definition) is 3. The second-order valence-corrected chi connectivity index (χ2v) is 7.39. The molecule has 8 heteroatoms. The molecule has 0 aliphatic carbocycles. The predicted octanol–water partition coefficient (Wildman–Crippen LogP) is 3.26. The van der Waals surface area contributed by atoms with Crippen molar-refractivity contribution >= 4 is 27.8 Å². The number of hydrogen-bond donors (Lipinski definition) is 1. The van der Waals surface area contributed by atoms with E-state index in [1.165, 1.54) is 17.0 Å². The molecule has 2 aliphatic heterocycles. The second-order valence-electron chi connectivity index (χ2n) is 6.47. The van der Waals surface area contributed by atoms with Gasteiger partial charge in [-0.3, -0.25) is 9.69 Å². The summed E-state index contributed by atoms with van der Waals surface area (Å²) in [5, 5.41) is 9.83. The number of alkyl halides is 1. The van der Waals surface area contributed by atoms with Crippen LogP contribution in [0.15, 0.2) is 34.3 Å². The molecule has 3 rings (SSSR count). The van der Waals surface area contributed by atoms with Gasteiger partial charge in [-0.05, 0) is 24.6 Å². The fourth-order valence-electron chi connectivity index (χ4n) is 3.48. The number of benzene rings is 1. The highest BCUT2D eigenvalue weighted by Gasteiger charge is 2.45. The van der Waals surface area contributed by atoms with Crippen LogP contribution in [0.2, 0.25) is 0 Å². The number of amides is 1. The van der Waals surface area contributed by atoms with E-state index >= 15 is 0 Å². The van der Waals surface area contributed by atoms with E-state index in [9.17, 15) is 23.5 Å². The van der Waals surface area contributed by atoms with E-state index in [2.05, 4.69) is 15.9 Å². The predicted molar refractivity (Wildman–Crippen MR) is 94.6 cm³/mol. The second kappa shape index (κ2) is 7.44. The molecule has 140 valence electrons. The topological polar surface area (TPSA) is 60.9 Å². The Kier molecular flexibility index (Phi) is 5.43. The van der Waals surface area contributed by atoms with Crippen molar-refractivity contribution in [2.24, 2.45) is 0 Å². The van der Waals surface area contributed by atoms with Crippen molar-refractivity contribution in [2.75, 3.05) is 13.1 Å². The lowest BCUT2D eigenvalue weighted by atomic mass is 9.95. The lowest BCUT2D eigenvalue weighted by molar-refractivity contribution is -0.159. The molecule has 5 nitrogen and oxygen atoms in total. The minimum absolute atomic E-state index is 0.0973. The van der Waals surface area contributed by atoms with Crippen LogP contribution in [0.1, 0.15) is 31.4 Å². The van der Waals surface area contributed by atoms with Gasteiger partial charge in [0.05, 0.1) is 6.17 Å². The lowest BCUT2D eigenvalue weighted by Gasteiger charge is -2.48. The maximum absolute atomic E-state index is 14.4. The third-order valence-corrected chi connectivity index (χ3v) is 5.33. The quantitative estimate of drug-likeness (QED) is 0.781. The van der Waals surface area contributed by atoms with Crippen molar-refractivity contribution in [1.29, 1.82) is 0 Å². The molecule has 26 heavy (non-hydrogen) atoms. The summed E-state index contributed by atoms with van der Waals surface area (Å²) >= 11 is 3.22. The van der Waals surface area contributed by atoms with Gasteiger partial charge in [0.2, 0.25) is 0 Å². The summed E-state index contributed by atoms with van der Waals surface area (Å²) in [4.78, 5) is 27.9. The van der Waals surface area contributed by atoms with Crippen LogP contribution in [-0.2, 0) is 9.59 Å². The largest absolute Gasteiger partial charge is 0.479 e. The van der Waals surface area contributed by atoms with E-state index in [1.54, 1.807) is 17.9 Å². The highest BCUT2D eigenvalue weighted by Crippen LogP contribution is 2.36. The molecule has 0 radical (unpaired) electrons. The summed E-state index contributed by atoms with van der Waals surface area (Å²) in [5.74, 6) is -2.47. The number of carboxylic acid groups (broad SMARTS) is 1. The van der Waals surface area contributed by atoms with Crippen LogP contribution in [0.3, 0.4) is 0 Å². The molecular weight excluding hydrogens is 410 g/mol. The highest BCUT2D eigenvalue weighted by molar-refractivity contribution is 9.10. The van der Waals surface area contributed by atoms with Crippen LogP contribution in [0.4, 0.5) is 8.78 Å². The molecule has 1 saturated heterocycles. The fraction of sp³-hybridized carbons (Fsp3) is 0.444. The standard InChI is InChI=1S/C18H19BrF2N2O3/c1-2-10-3-6-15(22-8-12(20)9-22)23(17(10)24)16(18(25)26)13-7-11(19)4-5-14(13)21/h3-5,7,12,15-16H,2,6,8-9H2,1H3,(H,25,26). The first-order valence-electron chi connectivity index (χ1n) is 8.41. The molecule has 1 fully saturated rings. The van der Waals surface area contributed by atoms with E-state index in [1.807, 2.05) is 0 Å². The summed E-state index contributed by atoms with van der Waals surface area (Å²) < 4.78 is 28.3. The van der Waals surface area contributed by atoms with E-state index in [-0.39, 0.29) is 18.7 Å². The molecule has 0 spiro atoms. The number of halogens is 3. The van der Waals surface area contributed by atoms with E-state index in [0.29, 0.717) is 22.9 Å². The third-order valence-electron chi connectivity index (χ3n) is 4.84. The first-order valence-corrected chi connectivity index (χ1v) is 9.20. The first kappa shape index (κ1) is 19.0. The summed E-state index contributed by atoms with van der Waals surface area (Å²) in [5.41, 5.74) is 0.389. The minimum Gasteiger partial charge on any atom is -0.479 e. The van der Waals surface area contributed by atoms with Crippen LogP contribution in [0.25, 0.3) is 0 Å². The van der Waals surface area contributed by atoms with Gasteiger partial charge in [0.1, 0.15) is 12.0 Å². The Morgan fingerprint density at radius 2 is 2.12 bits per heavy atom. The molecule has 2 atom stereocenters. The Morgan fingerprint density at radius 3 is 2.69 bits per heavy atom. The summed E-state index contributed by atoms with van der Waals surface area (Å²) in [7, 11) is 0. The van der Waals surface area contributed by atoms with Crippen molar-refractivity contribution < 1.29 is 23.5 Å². The Bertz CT molecular complexity index is 765. The van der Waals surface area contributed by atoms with Crippen molar-refractivity contribution in [3.8, 4) is 0 Å². The molecule has 1 aromatic carbocycles. The molecule has 0 aromatic heterocycles. The number of carbonyl (C=O) groups is 2. The van der Waals surface area contributed by atoms with Gasteiger partial charge in [-0.1, -0.05) is 28.9 Å². The van der Waals surface area contributed by atoms with E-state index in [4.69, 9.17) is 0 Å². The summed E-state index contributed by atoms with van der Waals surface area (Å²) in [6.45, 7) is 2.08. The minimum atomic E-state index is -1.49. The number of likely N-dealkylation sites (tertiary alicyclic amines) is 1. The summed E-state index contributed by atoms with van der Waals surface area (Å²) in [6.07, 6.45) is 1.01. The Hall–Kier alpha value is -1.80. The van der Waals surface area contributed by atoms with Crippen molar-refractivity contribution in [2.45, 2.75) is 38.1 Å². The molecule has 0 bridgehead atoms. The van der Waals surface area contributed by atoms with E-state index < -0.39 is 36.1 Å². The van der Waals surface area contributed by atoms with Crippen LogP contribution in [0.5, 0.6) is 0 Å². The van der Waals surface area contributed by atoms with Gasteiger partial charge in [-0.25, -0.2) is 13.6 Å². The number of aliphatic carboxylic acids is 1. The van der Waals surface area contributed by atoms with Crippen LogP contribution >= 0.6 is 15.9 Å². The van der Waals surface area contributed by atoms with Gasteiger partial charge in [0.25, 0.3) is 5.91 Å². The summed E-state index contributed by atoms with van der Waals surface area (Å²) in [6, 6.07) is 2.51. The van der Waals surface area contributed by atoms with Gasteiger partial charge in [-0.2, -0.15) is 0 Å². The van der Waals surface area contributed by atoms with Crippen molar-refractivity contribution in [3.63, 3.8) is 0 Å². The van der Waals surface area contributed by atoms with Crippen molar-refractivity contribution in [3.05, 3.63) is 45.7 Å². The van der Waals surface area contributed by atoms with Gasteiger partial charge in [-0.15, -0.1) is 0 Å². The average Bonchev–Trinajstić information content (AvgIpc) is 2.56. The molecule has 2 unspecified atom stereocenters. The first-order chi connectivity index (χ1) is 12.3. The van der Waals surface area contributed by atoms with Crippen molar-refractivity contribution in [1.82, 2.24) is 9.80 Å². The van der Waals surface area contributed by atoms with Crippen LogP contribution in [-0.4, -0.2) is 52.2 Å². The molecule has 0 saturated carbocycles. The maximum atomic E-state index is 14.4. The highest BCUT2D eigenvalue weighted by atomic mass is 79.9. The third kappa shape index (κ3) is 3.40. The number of rotatable bonds is 5. The lowest BCUT2D eigenvalue weighted by Crippen LogP contribution is -2.62. The van der Waals surface area contributed by atoms with Crippen LogP contribution in [0, 0.1) is 5.82 Å². The van der Waals surface area contributed by atoms with Crippen LogP contribution < -0.4 is 0 Å². The Labute approximate surface area is 158 Å². The SMILES string of the molecule is CCC1=CCC(N2CC(F)C2)N(C(C(=O)O)c2cc(Br)ccc2F)C1=O.